The Hall–Kier alpha value is -2.21. The molecule has 0 aliphatic rings. The Labute approximate surface area is 107 Å². The van der Waals surface area contributed by atoms with Crippen LogP contribution in [-0.2, 0) is 0 Å². The molecular weight excluding hydrogens is 252 g/mol. The highest BCUT2D eigenvalue weighted by atomic mass is 32.2. The normalized spacial score (nSPS) is 10.0. The van der Waals surface area contributed by atoms with E-state index in [-0.39, 0.29) is 11.3 Å². The lowest BCUT2D eigenvalue weighted by Crippen LogP contribution is -1.94. The molecule has 90 valence electrons. The number of benzene rings is 1. The van der Waals surface area contributed by atoms with Gasteiger partial charge in [-0.15, -0.1) is 0 Å². The summed E-state index contributed by atoms with van der Waals surface area (Å²) >= 11 is 1.42. The molecule has 0 fully saturated rings. The third-order valence-electron chi connectivity index (χ3n) is 2.21. The number of pyridine rings is 1. The van der Waals surface area contributed by atoms with Crippen LogP contribution in [0.15, 0.2) is 52.5 Å². The summed E-state index contributed by atoms with van der Waals surface area (Å²) in [5.74, 6) is 0. The van der Waals surface area contributed by atoms with Crippen molar-refractivity contribution in [2.75, 3.05) is 0 Å². The van der Waals surface area contributed by atoms with Gasteiger partial charge < -0.3 is 0 Å². The van der Waals surface area contributed by atoms with Crippen molar-refractivity contribution in [3.63, 3.8) is 0 Å². The van der Waals surface area contributed by atoms with Crippen LogP contribution in [0, 0.1) is 10.1 Å². The van der Waals surface area contributed by atoms with Crippen LogP contribution in [0.1, 0.15) is 10.4 Å². The maximum atomic E-state index is 10.8. The van der Waals surface area contributed by atoms with Crippen molar-refractivity contribution in [3.8, 4) is 0 Å². The molecule has 0 amide bonds. The fraction of sp³-hybridized carbons (Fsp3) is 0. The molecule has 0 saturated carbocycles. The summed E-state index contributed by atoms with van der Waals surface area (Å²) < 4.78 is 0. The molecule has 2 aromatic rings. The molecule has 1 aromatic heterocycles. The van der Waals surface area contributed by atoms with Crippen molar-refractivity contribution < 1.29 is 9.72 Å². The van der Waals surface area contributed by atoms with Crippen LogP contribution in [0.4, 0.5) is 5.69 Å². The molecule has 18 heavy (non-hydrogen) atoms. The number of carbonyl (C=O) groups is 1. The molecule has 0 unspecified atom stereocenters. The molecule has 0 bridgehead atoms. The Kier molecular flexibility index (Phi) is 3.69. The van der Waals surface area contributed by atoms with E-state index in [1.54, 1.807) is 18.5 Å². The SMILES string of the molecule is O=Cc1cc(Sc2ccncc2)ccc1[N+](=O)[O-]. The molecule has 0 saturated heterocycles. The van der Waals surface area contributed by atoms with Crippen molar-refractivity contribution in [3.05, 3.63) is 58.4 Å². The van der Waals surface area contributed by atoms with Gasteiger partial charge in [-0.1, -0.05) is 11.8 Å². The Morgan fingerprint density at radius 3 is 2.50 bits per heavy atom. The zero-order valence-electron chi connectivity index (χ0n) is 9.15. The van der Waals surface area contributed by atoms with Crippen molar-refractivity contribution >= 4 is 23.7 Å². The summed E-state index contributed by atoms with van der Waals surface area (Å²) in [6.45, 7) is 0. The minimum Gasteiger partial charge on any atom is -0.298 e. The quantitative estimate of drug-likeness (QED) is 0.480. The minimum absolute atomic E-state index is 0.0825. The molecule has 5 nitrogen and oxygen atoms in total. The van der Waals surface area contributed by atoms with Crippen LogP contribution in [0.25, 0.3) is 0 Å². The van der Waals surface area contributed by atoms with Crippen LogP contribution in [-0.4, -0.2) is 16.2 Å². The molecule has 0 N–H and O–H groups in total. The second kappa shape index (κ2) is 5.42. The maximum absolute atomic E-state index is 10.8. The average Bonchev–Trinajstić information content (AvgIpc) is 2.39. The predicted molar refractivity (Wildman–Crippen MR) is 66.8 cm³/mol. The Balaban J connectivity index is 2.31. The fourth-order valence-corrected chi connectivity index (χ4v) is 2.25. The van der Waals surface area contributed by atoms with Gasteiger partial charge in [-0.25, -0.2) is 0 Å². The van der Waals surface area contributed by atoms with Gasteiger partial charge in [0.2, 0.25) is 0 Å². The van der Waals surface area contributed by atoms with Gasteiger partial charge >= 0.3 is 0 Å². The van der Waals surface area contributed by atoms with Crippen molar-refractivity contribution in [1.82, 2.24) is 4.98 Å². The van der Waals surface area contributed by atoms with E-state index in [9.17, 15) is 14.9 Å². The summed E-state index contributed by atoms with van der Waals surface area (Å²) in [5.41, 5.74) is -0.0943. The number of carbonyl (C=O) groups excluding carboxylic acids is 1. The van der Waals surface area contributed by atoms with E-state index in [0.29, 0.717) is 6.29 Å². The first-order valence-corrected chi connectivity index (χ1v) is 5.84. The van der Waals surface area contributed by atoms with Gasteiger partial charge in [0.25, 0.3) is 5.69 Å². The van der Waals surface area contributed by atoms with Crippen LogP contribution in [0.3, 0.4) is 0 Å². The fourth-order valence-electron chi connectivity index (χ4n) is 1.40. The van der Waals surface area contributed by atoms with Gasteiger partial charge in [-0.05, 0) is 24.3 Å². The first-order chi connectivity index (χ1) is 8.70. The minimum atomic E-state index is -0.565. The molecule has 0 spiro atoms. The average molecular weight is 260 g/mol. The lowest BCUT2D eigenvalue weighted by atomic mass is 10.2. The zero-order chi connectivity index (χ0) is 13.0. The monoisotopic (exact) mass is 260 g/mol. The smallest absolute Gasteiger partial charge is 0.279 e. The first-order valence-electron chi connectivity index (χ1n) is 5.02. The summed E-state index contributed by atoms with van der Waals surface area (Å²) in [6, 6.07) is 8.12. The second-order valence-electron chi connectivity index (χ2n) is 3.38. The molecule has 2 rings (SSSR count). The first kappa shape index (κ1) is 12.3. The molecular formula is C12H8N2O3S. The number of nitro groups is 1. The standard InChI is InChI=1S/C12H8N2O3S/c15-8-9-7-11(1-2-12(9)14(16)17)18-10-3-5-13-6-4-10/h1-8H. The summed E-state index contributed by atoms with van der Waals surface area (Å²) in [4.78, 5) is 26.6. The Morgan fingerprint density at radius 1 is 1.17 bits per heavy atom. The third-order valence-corrected chi connectivity index (χ3v) is 3.21. The van der Waals surface area contributed by atoms with E-state index in [1.807, 2.05) is 12.1 Å². The summed E-state index contributed by atoms with van der Waals surface area (Å²) in [6.07, 6.45) is 3.82. The number of hydrogen-bond acceptors (Lipinski definition) is 5. The van der Waals surface area contributed by atoms with Gasteiger partial charge in [0.05, 0.1) is 10.5 Å². The van der Waals surface area contributed by atoms with Gasteiger partial charge in [0.15, 0.2) is 6.29 Å². The lowest BCUT2D eigenvalue weighted by molar-refractivity contribution is -0.385. The Morgan fingerprint density at radius 2 is 1.89 bits per heavy atom. The van der Waals surface area contributed by atoms with E-state index in [2.05, 4.69) is 4.98 Å². The topological polar surface area (TPSA) is 73.1 Å². The molecule has 0 atom stereocenters. The van der Waals surface area contributed by atoms with E-state index in [1.165, 1.54) is 23.9 Å². The zero-order valence-corrected chi connectivity index (χ0v) is 9.96. The molecule has 6 heteroatoms. The lowest BCUT2D eigenvalue weighted by Gasteiger charge is -2.02. The highest BCUT2D eigenvalue weighted by Gasteiger charge is 2.13. The number of hydrogen-bond donors (Lipinski definition) is 0. The Bertz CT molecular complexity index is 587. The van der Waals surface area contributed by atoms with Crippen LogP contribution >= 0.6 is 11.8 Å². The van der Waals surface area contributed by atoms with E-state index < -0.39 is 4.92 Å². The summed E-state index contributed by atoms with van der Waals surface area (Å²) in [7, 11) is 0. The maximum Gasteiger partial charge on any atom is 0.279 e. The van der Waals surface area contributed by atoms with Crippen LogP contribution in [0.2, 0.25) is 0 Å². The van der Waals surface area contributed by atoms with Crippen LogP contribution < -0.4 is 0 Å². The van der Waals surface area contributed by atoms with E-state index >= 15 is 0 Å². The number of aldehydes is 1. The van der Waals surface area contributed by atoms with Gasteiger partial charge in [-0.2, -0.15) is 0 Å². The molecule has 1 heterocycles. The number of aromatic nitrogens is 1. The van der Waals surface area contributed by atoms with Crippen molar-refractivity contribution in [1.29, 1.82) is 0 Å². The third kappa shape index (κ3) is 2.72. The largest absolute Gasteiger partial charge is 0.298 e. The summed E-state index contributed by atoms with van der Waals surface area (Å²) in [5, 5.41) is 10.7. The molecule has 0 radical (unpaired) electrons. The van der Waals surface area contributed by atoms with Gasteiger partial charge in [-0.3, -0.25) is 19.9 Å². The van der Waals surface area contributed by atoms with Crippen LogP contribution in [0.5, 0.6) is 0 Å². The molecule has 0 aliphatic carbocycles. The van der Waals surface area contributed by atoms with E-state index in [0.717, 1.165) is 9.79 Å². The highest BCUT2D eigenvalue weighted by molar-refractivity contribution is 7.99. The highest BCUT2D eigenvalue weighted by Crippen LogP contribution is 2.30. The molecule has 0 aliphatic heterocycles. The van der Waals surface area contributed by atoms with Gasteiger partial charge in [0, 0.05) is 28.3 Å². The number of nitro benzene ring substituents is 1. The predicted octanol–water partition coefficient (Wildman–Crippen LogP) is 2.95. The molecule has 1 aromatic carbocycles. The van der Waals surface area contributed by atoms with E-state index in [4.69, 9.17) is 0 Å². The van der Waals surface area contributed by atoms with Crippen molar-refractivity contribution in [2.24, 2.45) is 0 Å². The number of nitrogens with zero attached hydrogens (tertiary/aromatic N) is 2. The number of rotatable bonds is 4. The van der Waals surface area contributed by atoms with Crippen molar-refractivity contribution in [2.45, 2.75) is 9.79 Å². The second-order valence-corrected chi connectivity index (χ2v) is 4.53. The van der Waals surface area contributed by atoms with Gasteiger partial charge in [0.1, 0.15) is 0 Å².